The minimum Gasteiger partial charge on any atom is -0.507 e. The Balaban J connectivity index is 1.62. The average Bonchev–Trinajstić information content (AvgIpc) is 3.10. The number of halogens is 2. The highest BCUT2D eigenvalue weighted by Crippen LogP contribution is 2.42. The van der Waals surface area contributed by atoms with E-state index in [1.54, 1.807) is 44.2 Å². The smallest absolute Gasteiger partial charge is 0.310 e. The molecule has 174 valence electrons. The van der Waals surface area contributed by atoms with Crippen molar-refractivity contribution in [3.8, 4) is 11.5 Å². The van der Waals surface area contributed by atoms with Gasteiger partial charge in [0.15, 0.2) is 5.76 Å². The Labute approximate surface area is 202 Å². The molecule has 2 aliphatic rings. The molecule has 4 rings (SSSR count). The van der Waals surface area contributed by atoms with Crippen molar-refractivity contribution in [3.05, 3.63) is 62.3 Å². The van der Waals surface area contributed by atoms with Crippen LogP contribution in [0.4, 0.5) is 0 Å². The molecule has 1 atom stereocenters. The third-order valence-electron chi connectivity index (χ3n) is 5.97. The molecule has 0 bridgehead atoms. The third kappa shape index (κ3) is 4.88. The lowest BCUT2D eigenvalue weighted by Crippen LogP contribution is -2.39. The maximum Gasteiger partial charge on any atom is 0.310 e. The standard InChI is InChI=1S/C25H25Cl2NO5/c1-3-32-25(31)16-5-4-8-28(12-16)13-17-20(29)9-14(2)22-23(30)21(33-24(17)22)11-15-6-7-18(26)19(27)10-15/h6-7,9-11,16,29H,3-5,8,12-13H2,1-2H3/b21-11-. The molecule has 1 unspecified atom stereocenters. The normalized spacial score (nSPS) is 19.5. The fourth-order valence-electron chi connectivity index (χ4n) is 4.36. The quantitative estimate of drug-likeness (QED) is 0.447. The van der Waals surface area contributed by atoms with E-state index in [0.717, 1.165) is 19.4 Å². The molecular weight excluding hydrogens is 465 g/mol. The SMILES string of the molecule is CCOC(=O)C1CCCN(Cc2c(O)cc(C)c3c2O/C(=C\c2ccc(Cl)c(Cl)c2)C3=O)C1. The van der Waals surface area contributed by atoms with Crippen LogP contribution in [0.1, 0.15) is 46.8 Å². The number of fused-ring (bicyclic) bond motifs is 1. The lowest BCUT2D eigenvalue weighted by molar-refractivity contribution is -0.150. The first-order valence-electron chi connectivity index (χ1n) is 10.9. The van der Waals surface area contributed by atoms with E-state index in [1.807, 2.05) is 0 Å². The molecule has 33 heavy (non-hydrogen) atoms. The number of ketones is 1. The Morgan fingerprint density at radius 1 is 1.30 bits per heavy atom. The average molecular weight is 490 g/mol. The number of hydrogen-bond donors (Lipinski definition) is 1. The number of phenols is 1. The lowest BCUT2D eigenvalue weighted by Gasteiger charge is -2.31. The molecule has 0 aliphatic carbocycles. The number of allylic oxidation sites excluding steroid dienone is 1. The largest absolute Gasteiger partial charge is 0.507 e. The maximum absolute atomic E-state index is 13.1. The van der Waals surface area contributed by atoms with Crippen LogP contribution in [0.15, 0.2) is 30.0 Å². The summed E-state index contributed by atoms with van der Waals surface area (Å²) >= 11 is 12.1. The van der Waals surface area contributed by atoms with Crippen LogP contribution in [0.5, 0.6) is 11.5 Å². The molecule has 2 aliphatic heterocycles. The summed E-state index contributed by atoms with van der Waals surface area (Å²) in [7, 11) is 0. The molecule has 0 radical (unpaired) electrons. The van der Waals surface area contributed by atoms with Gasteiger partial charge in [0, 0.05) is 13.1 Å². The zero-order valence-electron chi connectivity index (χ0n) is 18.5. The van der Waals surface area contributed by atoms with Gasteiger partial charge in [0.25, 0.3) is 0 Å². The Morgan fingerprint density at radius 2 is 2.09 bits per heavy atom. The first-order chi connectivity index (χ1) is 15.8. The van der Waals surface area contributed by atoms with E-state index in [2.05, 4.69) is 4.90 Å². The second kappa shape index (κ2) is 9.75. The number of phenolic OH excluding ortho intramolecular Hbond substituents is 1. The van der Waals surface area contributed by atoms with E-state index < -0.39 is 0 Å². The van der Waals surface area contributed by atoms with E-state index in [9.17, 15) is 14.7 Å². The number of rotatable bonds is 5. The van der Waals surface area contributed by atoms with Crippen molar-refractivity contribution in [2.24, 2.45) is 5.92 Å². The number of likely N-dealkylation sites (tertiary alicyclic amines) is 1. The fourth-order valence-corrected chi connectivity index (χ4v) is 4.67. The fraction of sp³-hybridized carbons (Fsp3) is 0.360. The van der Waals surface area contributed by atoms with Crippen molar-refractivity contribution in [3.63, 3.8) is 0 Å². The number of aromatic hydroxyl groups is 1. The minimum atomic E-state index is -0.252. The molecule has 1 saturated heterocycles. The molecule has 6 nitrogen and oxygen atoms in total. The van der Waals surface area contributed by atoms with Gasteiger partial charge in [0.2, 0.25) is 5.78 Å². The van der Waals surface area contributed by atoms with E-state index in [4.69, 9.17) is 32.7 Å². The lowest BCUT2D eigenvalue weighted by atomic mass is 9.96. The Hall–Kier alpha value is -2.54. The van der Waals surface area contributed by atoms with Crippen LogP contribution in [-0.2, 0) is 16.1 Å². The number of esters is 1. The van der Waals surface area contributed by atoms with Gasteiger partial charge in [-0.15, -0.1) is 0 Å². The van der Waals surface area contributed by atoms with Crippen LogP contribution in [0.3, 0.4) is 0 Å². The first kappa shape index (κ1) is 23.6. The summed E-state index contributed by atoms with van der Waals surface area (Å²) in [5, 5.41) is 11.5. The van der Waals surface area contributed by atoms with E-state index in [-0.39, 0.29) is 29.2 Å². The predicted molar refractivity (Wildman–Crippen MR) is 127 cm³/mol. The van der Waals surface area contributed by atoms with Crippen LogP contribution >= 0.6 is 23.2 Å². The number of piperidine rings is 1. The molecule has 0 spiro atoms. The summed E-state index contributed by atoms with van der Waals surface area (Å²) in [6.45, 7) is 5.58. The number of carbonyl (C=O) groups excluding carboxylic acids is 2. The molecule has 0 saturated carbocycles. The minimum absolute atomic E-state index is 0.0631. The number of Topliss-reactive ketones (excluding diaryl/α,β-unsaturated/α-hetero) is 1. The van der Waals surface area contributed by atoms with Crippen molar-refractivity contribution in [2.75, 3.05) is 19.7 Å². The first-order valence-corrected chi connectivity index (χ1v) is 11.7. The van der Waals surface area contributed by atoms with E-state index >= 15 is 0 Å². The summed E-state index contributed by atoms with van der Waals surface area (Å²) in [5.41, 5.74) is 2.29. The molecule has 0 amide bonds. The Bertz CT molecular complexity index is 1140. The topological polar surface area (TPSA) is 76.1 Å². The van der Waals surface area contributed by atoms with Gasteiger partial charge in [0.1, 0.15) is 11.5 Å². The zero-order chi connectivity index (χ0) is 23.7. The molecule has 2 aromatic rings. The highest BCUT2D eigenvalue weighted by molar-refractivity contribution is 6.42. The van der Waals surface area contributed by atoms with Crippen LogP contribution in [0.2, 0.25) is 10.0 Å². The molecule has 1 fully saturated rings. The van der Waals surface area contributed by atoms with E-state index in [1.165, 1.54) is 0 Å². The molecule has 1 N–H and O–H groups in total. The third-order valence-corrected chi connectivity index (χ3v) is 6.71. The van der Waals surface area contributed by atoms with Crippen molar-refractivity contribution >= 4 is 41.0 Å². The van der Waals surface area contributed by atoms with E-state index in [0.29, 0.717) is 57.7 Å². The number of aryl methyl sites for hydroxylation is 1. The summed E-state index contributed by atoms with van der Waals surface area (Å²) in [4.78, 5) is 27.4. The zero-order valence-corrected chi connectivity index (χ0v) is 20.0. The Morgan fingerprint density at radius 3 is 2.82 bits per heavy atom. The molecular formula is C25H25Cl2NO5. The molecule has 8 heteroatoms. The van der Waals surface area contributed by atoms with Gasteiger partial charge < -0.3 is 14.6 Å². The van der Waals surface area contributed by atoms with Crippen LogP contribution < -0.4 is 4.74 Å². The second-order valence-electron chi connectivity index (χ2n) is 8.33. The van der Waals surface area contributed by atoms with Crippen molar-refractivity contribution in [2.45, 2.75) is 33.2 Å². The van der Waals surface area contributed by atoms with Gasteiger partial charge in [0.05, 0.1) is 33.7 Å². The molecule has 0 aromatic heterocycles. The van der Waals surface area contributed by atoms with Crippen molar-refractivity contribution < 1.29 is 24.2 Å². The summed E-state index contributed by atoms with van der Waals surface area (Å²) in [6.07, 6.45) is 3.24. The van der Waals surface area contributed by atoms with Gasteiger partial charge in [-0.2, -0.15) is 0 Å². The Kier molecular flexibility index (Phi) is 6.98. The molecule has 2 aromatic carbocycles. The summed E-state index contributed by atoms with van der Waals surface area (Å²) < 4.78 is 11.2. The van der Waals surface area contributed by atoms with Crippen molar-refractivity contribution in [1.29, 1.82) is 0 Å². The van der Waals surface area contributed by atoms with Gasteiger partial charge in [-0.1, -0.05) is 29.3 Å². The highest BCUT2D eigenvalue weighted by atomic mass is 35.5. The van der Waals surface area contributed by atoms with Gasteiger partial charge in [-0.25, -0.2) is 0 Å². The highest BCUT2D eigenvalue weighted by Gasteiger charge is 2.35. The number of hydrogen-bond acceptors (Lipinski definition) is 6. The predicted octanol–water partition coefficient (Wildman–Crippen LogP) is 5.40. The second-order valence-corrected chi connectivity index (χ2v) is 9.15. The monoisotopic (exact) mass is 489 g/mol. The maximum atomic E-state index is 13.1. The van der Waals surface area contributed by atoms with Crippen molar-refractivity contribution in [1.82, 2.24) is 4.90 Å². The number of nitrogens with zero attached hydrogens (tertiary/aromatic N) is 1. The summed E-state index contributed by atoms with van der Waals surface area (Å²) in [5.74, 6) is -0.0692. The van der Waals surface area contributed by atoms with Crippen LogP contribution in [0.25, 0.3) is 6.08 Å². The van der Waals surface area contributed by atoms with Crippen LogP contribution in [-0.4, -0.2) is 41.5 Å². The van der Waals surface area contributed by atoms with Gasteiger partial charge >= 0.3 is 5.97 Å². The van der Waals surface area contributed by atoms with Gasteiger partial charge in [-0.05, 0) is 68.6 Å². The summed E-state index contributed by atoms with van der Waals surface area (Å²) in [6, 6.07) is 6.65. The number of carbonyl (C=O) groups is 2. The number of ether oxygens (including phenoxy) is 2. The van der Waals surface area contributed by atoms with Crippen LogP contribution in [0, 0.1) is 12.8 Å². The van der Waals surface area contributed by atoms with Gasteiger partial charge in [-0.3, -0.25) is 14.5 Å². The molecule has 2 heterocycles. The number of benzene rings is 2.